The lowest BCUT2D eigenvalue weighted by Gasteiger charge is -2.08. The molecule has 0 amide bonds. The van der Waals surface area contributed by atoms with Crippen LogP contribution in [-0.2, 0) is 9.05 Å². The molecule has 0 saturated carbocycles. The Labute approximate surface area is 117 Å². The first-order valence-electron chi connectivity index (χ1n) is 5.61. The molecule has 0 aliphatic carbocycles. The molecule has 0 atom stereocenters. The van der Waals surface area contributed by atoms with Crippen LogP contribution < -0.4 is 4.74 Å². The van der Waals surface area contributed by atoms with Crippen LogP contribution in [0.5, 0.6) is 5.75 Å². The fourth-order valence-corrected chi connectivity index (χ4v) is 2.53. The maximum atomic E-state index is 11.4. The normalized spacial score (nSPS) is 11.3. The summed E-state index contributed by atoms with van der Waals surface area (Å²) >= 11 is 0. The number of hydrogen-bond donors (Lipinski definition) is 0. The van der Waals surface area contributed by atoms with Crippen molar-refractivity contribution in [3.63, 3.8) is 0 Å². The molecule has 0 heterocycles. The topological polar surface area (TPSA) is 43.4 Å². The minimum absolute atomic E-state index is 0.0316. The van der Waals surface area contributed by atoms with E-state index in [4.69, 9.17) is 15.4 Å². The summed E-state index contributed by atoms with van der Waals surface area (Å²) in [7, 11) is 3.09. The average Bonchev–Trinajstić information content (AvgIpc) is 2.38. The third-order valence-corrected chi connectivity index (χ3v) is 4.12. The van der Waals surface area contributed by atoms with Gasteiger partial charge in [0.15, 0.2) is 0 Å². The molecule has 0 aliphatic rings. The van der Waals surface area contributed by atoms with Gasteiger partial charge in [-0.05, 0) is 30.2 Å². The van der Waals surface area contributed by atoms with Crippen molar-refractivity contribution in [2.24, 2.45) is 0 Å². The molecule has 2 rings (SSSR count). The molecule has 0 fully saturated rings. The monoisotopic (exact) mass is 296 g/mol. The smallest absolute Gasteiger partial charge is 0.261 e. The van der Waals surface area contributed by atoms with Gasteiger partial charge in [0, 0.05) is 16.7 Å². The number of halogens is 1. The molecule has 0 bridgehead atoms. The van der Waals surface area contributed by atoms with Gasteiger partial charge in [-0.1, -0.05) is 29.8 Å². The van der Waals surface area contributed by atoms with Gasteiger partial charge >= 0.3 is 0 Å². The Hall–Kier alpha value is -1.52. The number of methoxy groups -OCH3 is 1. The van der Waals surface area contributed by atoms with E-state index in [2.05, 4.69) is 0 Å². The second kappa shape index (κ2) is 5.23. The lowest BCUT2D eigenvalue weighted by atomic mass is 10.0. The molecule has 2 aromatic rings. The highest BCUT2D eigenvalue weighted by molar-refractivity contribution is 8.13. The lowest BCUT2D eigenvalue weighted by Crippen LogP contribution is -1.94. The van der Waals surface area contributed by atoms with E-state index in [1.54, 1.807) is 6.07 Å². The molecule has 19 heavy (non-hydrogen) atoms. The second-order valence-corrected chi connectivity index (χ2v) is 6.77. The Morgan fingerprint density at radius 2 is 1.63 bits per heavy atom. The summed E-state index contributed by atoms with van der Waals surface area (Å²) in [6.45, 7) is 1.99. The first kappa shape index (κ1) is 13.9. The van der Waals surface area contributed by atoms with Gasteiger partial charge in [-0.25, -0.2) is 8.42 Å². The van der Waals surface area contributed by atoms with Crippen molar-refractivity contribution in [1.29, 1.82) is 0 Å². The Balaban J connectivity index is 2.60. The molecule has 0 saturated heterocycles. The number of aryl methyl sites for hydroxylation is 1. The summed E-state index contributed by atoms with van der Waals surface area (Å²) in [6.07, 6.45) is 0. The Kier molecular flexibility index (Phi) is 3.83. The van der Waals surface area contributed by atoms with Crippen molar-refractivity contribution in [3.05, 3.63) is 48.0 Å². The average molecular weight is 297 g/mol. The molecule has 0 N–H and O–H groups in total. The van der Waals surface area contributed by atoms with Crippen LogP contribution in [0.2, 0.25) is 0 Å². The molecule has 0 radical (unpaired) electrons. The molecule has 0 unspecified atom stereocenters. The van der Waals surface area contributed by atoms with E-state index in [1.165, 1.54) is 19.2 Å². The maximum Gasteiger partial charge on any atom is 0.261 e. The Morgan fingerprint density at radius 3 is 2.16 bits per heavy atom. The van der Waals surface area contributed by atoms with Crippen molar-refractivity contribution >= 4 is 19.7 Å². The third kappa shape index (κ3) is 3.28. The molecule has 0 spiro atoms. The molecule has 2 aromatic carbocycles. The number of hydrogen-bond acceptors (Lipinski definition) is 3. The van der Waals surface area contributed by atoms with Crippen LogP contribution in [0.4, 0.5) is 0 Å². The minimum atomic E-state index is -3.78. The maximum absolute atomic E-state index is 11.4. The van der Waals surface area contributed by atoms with Gasteiger partial charge in [0.2, 0.25) is 0 Å². The van der Waals surface area contributed by atoms with Gasteiger partial charge in [0.05, 0.1) is 12.0 Å². The molecule has 100 valence electrons. The Bertz CT molecular complexity index is 691. The molecular formula is C14H13ClO3S. The molecule has 0 aromatic heterocycles. The van der Waals surface area contributed by atoms with Gasteiger partial charge in [0.25, 0.3) is 9.05 Å². The predicted molar refractivity (Wildman–Crippen MR) is 76.2 cm³/mol. The van der Waals surface area contributed by atoms with Gasteiger partial charge in [-0.3, -0.25) is 0 Å². The second-order valence-electron chi connectivity index (χ2n) is 4.20. The van der Waals surface area contributed by atoms with E-state index < -0.39 is 9.05 Å². The Morgan fingerprint density at radius 1 is 1.00 bits per heavy atom. The van der Waals surface area contributed by atoms with Crippen LogP contribution in [0.1, 0.15) is 5.56 Å². The van der Waals surface area contributed by atoms with E-state index >= 15 is 0 Å². The van der Waals surface area contributed by atoms with Crippen molar-refractivity contribution in [2.75, 3.05) is 7.11 Å². The highest BCUT2D eigenvalue weighted by atomic mass is 35.7. The standard InChI is InChI=1S/C14H13ClO3S/c1-10-3-5-11(6-4-10)12-7-13(18-2)9-14(8-12)19(15,16)17/h3-9H,1-2H3. The summed E-state index contributed by atoms with van der Waals surface area (Å²) in [6, 6.07) is 12.5. The molecule has 3 nitrogen and oxygen atoms in total. The van der Waals surface area contributed by atoms with Gasteiger partial charge in [-0.2, -0.15) is 0 Å². The van der Waals surface area contributed by atoms with Crippen LogP contribution >= 0.6 is 10.7 Å². The molecular weight excluding hydrogens is 284 g/mol. The SMILES string of the molecule is COc1cc(-c2ccc(C)cc2)cc(S(=O)(=O)Cl)c1. The summed E-state index contributed by atoms with van der Waals surface area (Å²) in [5, 5.41) is 0. The largest absolute Gasteiger partial charge is 0.497 e. The van der Waals surface area contributed by atoms with Crippen molar-refractivity contribution in [1.82, 2.24) is 0 Å². The zero-order valence-corrected chi connectivity index (χ0v) is 12.1. The number of rotatable bonds is 3. The number of ether oxygens (including phenoxy) is 1. The van der Waals surface area contributed by atoms with Crippen molar-refractivity contribution in [3.8, 4) is 16.9 Å². The van der Waals surface area contributed by atoms with E-state index in [0.717, 1.165) is 16.7 Å². The summed E-state index contributed by atoms with van der Waals surface area (Å²) in [5.41, 5.74) is 2.79. The first-order valence-corrected chi connectivity index (χ1v) is 7.92. The molecule has 0 aliphatic heterocycles. The van der Waals surface area contributed by atoms with E-state index in [-0.39, 0.29) is 4.90 Å². The zero-order chi connectivity index (χ0) is 14.0. The molecule has 5 heteroatoms. The number of benzene rings is 2. The van der Waals surface area contributed by atoms with E-state index in [0.29, 0.717) is 5.75 Å². The predicted octanol–water partition coefficient (Wildman–Crippen LogP) is 3.60. The van der Waals surface area contributed by atoms with E-state index in [9.17, 15) is 8.42 Å². The quantitative estimate of drug-likeness (QED) is 0.813. The summed E-state index contributed by atoms with van der Waals surface area (Å²) in [4.78, 5) is 0.0316. The van der Waals surface area contributed by atoms with Crippen LogP contribution in [0.15, 0.2) is 47.4 Å². The summed E-state index contributed by atoms with van der Waals surface area (Å²) < 4.78 is 28.0. The highest BCUT2D eigenvalue weighted by Crippen LogP contribution is 2.29. The van der Waals surface area contributed by atoms with Crippen molar-refractivity contribution < 1.29 is 13.2 Å². The van der Waals surface area contributed by atoms with Crippen LogP contribution in [0.3, 0.4) is 0 Å². The zero-order valence-electron chi connectivity index (χ0n) is 10.6. The van der Waals surface area contributed by atoms with E-state index in [1.807, 2.05) is 31.2 Å². The fourth-order valence-electron chi connectivity index (χ4n) is 1.74. The van der Waals surface area contributed by atoms with Crippen LogP contribution in [0.25, 0.3) is 11.1 Å². The van der Waals surface area contributed by atoms with Gasteiger partial charge in [-0.15, -0.1) is 0 Å². The van der Waals surface area contributed by atoms with Gasteiger partial charge < -0.3 is 4.74 Å². The third-order valence-electron chi connectivity index (χ3n) is 2.78. The lowest BCUT2D eigenvalue weighted by molar-refractivity contribution is 0.413. The van der Waals surface area contributed by atoms with Crippen LogP contribution in [0, 0.1) is 6.92 Å². The van der Waals surface area contributed by atoms with Gasteiger partial charge in [0.1, 0.15) is 5.75 Å². The fraction of sp³-hybridized carbons (Fsp3) is 0.143. The van der Waals surface area contributed by atoms with Crippen LogP contribution in [-0.4, -0.2) is 15.5 Å². The van der Waals surface area contributed by atoms with Crippen molar-refractivity contribution in [2.45, 2.75) is 11.8 Å². The first-order chi connectivity index (χ1) is 8.90. The summed E-state index contributed by atoms with van der Waals surface area (Å²) in [5.74, 6) is 0.456. The highest BCUT2D eigenvalue weighted by Gasteiger charge is 2.13. The minimum Gasteiger partial charge on any atom is -0.497 e.